The van der Waals surface area contributed by atoms with E-state index in [2.05, 4.69) is 4.90 Å². The first-order chi connectivity index (χ1) is 12.5. The zero-order chi connectivity index (χ0) is 18.7. The third kappa shape index (κ3) is 3.96. The van der Waals surface area contributed by atoms with Crippen molar-refractivity contribution in [2.45, 2.75) is 12.8 Å². The number of carbonyl (C=O) groups is 1. The van der Waals surface area contributed by atoms with Crippen LogP contribution in [0.25, 0.3) is 0 Å². The lowest BCUT2D eigenvalue weighted by Crippen LogP contribution is -2.49. The van der Waals surface area contributed by atoms with E-state index in [0.717, 1.165) is 24.3 Å². The molecule has 3 rings (SSSR count). The number of non-ortho nitro benzene ring substituents is 1. The summed E-state index contributed by atoms with van der Waals surface area (Å²) in [5.74, 6) is -0.280. The average molecular weight is 374 g/mol. The summed E-state index contributed by atoms with van der Waals surface area (Å²) in [5, 5.41) is 11.5. The molecule has 0 bridgehead atoms. The fourth-order valence-electron chi connectivity index (χ4n) is 3.16. The van der Waals surface area contributed by atoms with E-state index >= 15 is 0 Å². The summed E-state index contributed by atoms with van der Waals surface area (Å²) in [4.78, 5) is 27.1. The van der Waals surface area contributed by atoms with Crippen LogP contribution in [0.1, 0.15) is 18.4 Å². The molecule has 26 heavy (non-hydrogen) atoms. The van der Waals surface area contributed by atoms with Crippen LogP contribution in [0.5, 0.6) is 0 Å². The maximum Gasteiger partial charge on any atom is 0.269 e. The summed E-state index contributed by atoms with van der Waals surface area (Å²) in [5.41, 5.74) is 1.88. The van der Waals surface area contributed by atoms with Crippen molar-refractivity contribution >= 4 is 28.9 Å². The van der Waals surface area contributed by atoms with E-state index in [1.807, 2.05) is 36.1 Å². The van der Waals surface area contributed by atoms with Gasteiger partial charge < -0.3 is 9.80 Å². The molecule has 1 fully saturated rings. The Bertz CT molecular complexity index is 802. The monoisotopic (exact) mass is 373 g/mol. The molecule has 1 atom stereocenters. The van der Waals surface area contributed by atoms with Crippen molar-refractivity contribution in [2.75, 3.05) is 31.1 Å². The molecular formula is C19H20ClN3O3. The van der Waals surface area contributed by atoms with E-state index < -0.39 is 4.92 Å². The van der Waals surface area contributed by atoms with Gasteiger partial charge in [-0.2, -0.15) is 0 Å². The highest BCUT2D eigenvalue weighted by Crippen LogP contribution is 2.24. The van der Waals surface area contributed by atoms with E-state index in [1.54, 1.807) is 12.1 Å². The van der Waals surface area contributed by atoms with Gasteiger partial charge >= 0.3 is 0 Å². The maximum absolute atomic E-state index is 12.8. The van der Waals surface area contributed by atoms with Gasteiger partial charge in [0.15, 0.2) is 0 Å². The molecule has 1 saturated heterocycles. The molecule has 136 valence electrons. The Morgan fingerprint density at radius 1 is 1.12 bits per heavy atom. The zero-order valence-corrected chi connectivity index (χ0v) is 15.2. The molecule has 2 aromatic rings. The zero-order valence-electron chi connectivity index (χ0n) is 14.5. The summed E-state index contributed by atoms with van der Waals surface area (Å²) in [6.45, 7) is 4.62. The third-order valence-electron chi connectivity index (χ3n) is 4.74. The lowest BCUT2D eigenvalue weighted by atomic mass is 9.99. The molecular weight excluding hydrogens is 354 g/mol. The molecule has 0 N–H and O–H groups in total. The third-order valence-corrected chi connectivity index (χ3v) is 4.97. The van der Waals surface area contributed by atoms with Crippen molar-refractivity contribution in [1.29, 1.82) is 0 Å². The van der Waals surface area contributed by atoms with Crippen molar-refractivity contribution in [1.82, 2.24) is 4.90 Å². The van der Waals surface area contributed by atoms with Crippen LogP contribution in [0.4, 0.5) is 11.4 Å². The Kier molecular flexibility index (Phi) is 5.42. The molecule has 1 amide bonds. The van der Waals surface area contributed by atoms with Crippen LogP contribution in [0.2, 0.25) is 5.02 Å². The van der Waals surface area contributed by atoms with Crippen LogP contribution in [-0.4, -0.2) is 41.9 Å². The van der Waals surface area contributed by atoms with Crippen LogP contribution in [0.3, 0.4) is 0 Å². The number of rotatable bonds is 4. The van der Waals surface area contributed by atoms with Gasteiger partial charge in [0.2, 0.25) is 5.91 Å². The lowest BCUT2D eigenvalue weighted by Gasteiger charge is -2.37. The van der Waals surface area contributed by atoms with E-state index in [-0.39, 0.29) is 17.5 Å². The summed E-state index contributed by atoms with van der Waals surface area (Å²) in [6, 6.07) is 13.9. The lowest BCUT2D eigenvalue weighted by molar-refractivity contribution is -0.384. The number of anilines is 1. The second-order valence-electron chi connectivity index (χ2n) is 6.36. The molecule has 7 heteroatoms. The number of nitro groups is 1. The molecule has 0 radical (unpaired) electrons. The molecule has 1 heterocycles. The van der Waals surface area contributed by atoms with E-state index in [0.29, 0.717) is 18.1 Å². The number of nitro benzene ring substituents is 1. The highest BCUT2D eigenvalue weighted by atomic mass is 35.5. The van der Waals surface area contributed by atoms with Gasteiger partial charge in [0.1, 0.15) is 0 Å². The smallest absolute Gasteiger partial charge is 0.269 e. The van der Waals surface area contributed by atoms with Crippen LogP contribution in [0.15, 0.2) is 48.5 Å². The van der Waals surface area contributed by atoms with Crippen LogP contribution < -0.4 is 4.90 Å². The number of hydrogen-bond donors (Lipinski definition) is 0. The average Bonchev–Trinajstić information content (AvgIpc) is 2.67. The molecule has 6 nitrogen and oxygen atoms in total. The Morgan fingerprint density at radius 2 is 1.77 bits per heavy atom. The minimum atomic E-state index is -0.439. The van der Waals surface area contributed by atoms with Crippen LogP contribution in [0, 0.1) is 10.1 Å². The number of nitrogens with zero attached hydrogens (tertiary/aromatic N) is 3. The number of hydrogen-bond acceptors (Lipinski definition) is 4. The van der Waals surface area contributed by atoms with Gasteiger partial charge in [0.05, 0.1) is 10.8 Å². The molecule has 0 saturated carbocycles. The normalized spacial score (nSPS) is 15.6. The quantitative estimate of drug-likeness (QED) is 0.605. The van der Waals surface area contributed by atoms with Gasteiger partial charge in [-0.3, -0.25) is 14.9 Å². The number of piperazine rings is 1. The summed E-state index contributed by atoms with van der Waals surface area (Å²) < 4.78 is 0. The van der Waals surface area contributed by atoms with Crippen molar-refractivity contribution < 1.29 is 9.72 Å². The first-order valence-electron chi connectivity index (χ1n) is 8.49. The molecule has 1 aliphatic rings. The van der Waals surface area contributed by atoms with Gasteiger partial charge in [-0.05, 0) is 30.7 Å². The first kappa shape index (κ1) is 18.2. The van der Waals surface area contributed by atoms with Crippen molar-refractivity contribution in [3.05, 3.63) is 69.2 Å². The van der Waals surface area contributed by atoms with Crippen LogP contribution in [-0.2, 0) is 4.79 Å². The maximum atomic E-state index is 12.8. The SMILES string of the molecule is CC(C(=O)N1CCN(c2cccc(Cl)c2)CC1)c1ccc([N+](=O)[O-])cc1. The second kappa shape index (κ2) is 7.74. The van der Waals surface area contributed by atoms with E-state index in [9.17, 15) is 14.9 Å². The van der Waals surface area contributed by atoms with Crippen molar-refractivity contribution in [3.63, 3.8) is 0 Å². The van der Waals surface area contributed by atoms with Gasteiger partial charge in [-0.1, -0.05) is 29.8 Å². The van der Waals surface area contributed by atoms with Gasteiger partial charge in [-0.15, -0.1) is 0 Å². The highest BCUT2D eigenvalue weighted by Gasteiger charge is 2.26. The highest BCUT2D eigenvalue weighted by molar-refractivity contribution is 6.30. The predicted molar refractivity (Wildman–Crippen MR) is 102 cm³/mol. The predicted octanol–water partition coefficient (Wildman–Crippen LogP) is 3.70. The number of benzene rings is 2. The van der Waals surface area contributed by atoms with Gasteiger partial charge in [0, 0.05) is 49.0 Å². The van der Waals surface area contributed by atoms with Crippen LogP contribution >= 0.6 is 11.6 Å². The number of halogens is 1. The van der Waals surface area contributed by atoms with E-state index in [4.69, 9.17) is 11.6 Å². The van der Waals surface area contributed by atoms with Crippen molar-refractivity contribution in [2.24, 2.45) is 0 Å². The Balaban J connectivity index is 1.61. The van der Waals surface area contributed by atoms with Gasteiger partial charge in [0.25, 0.3) is 5.69 Å². The second-order valence-corrected chi connectivity index (χ2v) is 6.80. The minimum Gasteiger partial charge on any atom is -0.368 e. The molecule has 2 aromatic carbocycles. The number of amides is 1. The first-order valence-corrected chi connectivity index (χ1v) is 8.87. The Morgan fingerprint density at radius 3 is 2.35 bits per heavy atom. The largest absolute Gasteiger partial charge is 0.368 e. The molecule has 0 aromatic heterocycles. The Labute approximate surface area is 157 Å². The minimum absolute atomic E-state index is 0.0311. The Hall–Kier alpha value is -2.60. The molecule has 1 unspecified atom stereocenters. The fourth-order valence-corrected chi connectivity index (χ4v) is 3.34. The molecule has 0 aliphatic carbocycles. The number of carbonyl (C=O) groups excluding carboxylic acids is 1. The summed E-state index contributed by atoms with van der Waals surface area (Å²) in [6.07, 6.45) is 0. The topological polar surface area (TPSA) is 66.7 Å². The summed E-state index contributed by atoms with van der Waals surface area (Å²) >= 11 is 6.05. The molecule has 1 aliphatic heterocycles. The fraction of sp³-hybridized carbons (Fsp3) is 0.316. The van der Waals surface area contributed by atoms with E-state index in [1.165, 1.54) is 12.1 Å². The standard InChI is InChI=1S/C19H20ClN3O3/c1-14(15-5-7-17(8-6-15)23(25)26)19(24)22-11-9-21(10-12-22)18-4-2-3-16(20)13-18/h2-8,13-14H,9-12H2,1H3. The van der Waals surface area contributed by atoms with Crippen molar-refractivity contribution in [3.8, 4) is 0 Å². The summed E-state index contributed by atoms with van der Waals surface area (Å²) in [7, 11) is 0. The molecule has 0 spiro atoms. The van der Waals surface area contributed by atoms with Gasteiger partial charge in [-0.25, -0.2) is 0 Å².